The number of nitrogens with two attached hydrogens (primary N) is 1. The van der Waals surface area contributed by atoms with Crippen molar-refractivity contribution in [3.63, 3.8) is 0 Å². The number of rotatable bonds is 4. The zero-order chi connectivity index (χ0) is 24.6. The van der Waals surface area contributed by atoms with Gasteiger partial charge in [0.2, 0.25) is 0 Å². The first-order chi connectivity index (χ1) is 16.0. The van der Waals surface area contributed by atoms with Crippen molar-refractivity contribution in [2.45, 2.75) is 18.6 Å². The maximum absolute atomic E-state index is 14.2. The average Bonchev–Trinajstić information content (AvgIpc) is 3.26. The van der Waals surface area contributed by atoms with Gasteiger partial charge in [0, 0.05) is 30.7 Å². The molecule has 0 radical (unpaired) electrons. The fourth-order valence-electron chi connectivity index (χ4n) is 3.75. The third kappa shape index (κ3) is 4.80. The van der Waals surface area contributed by atoms with E-state index in [1.54, 1.807) is 0 Å². The topological polar surface area (TPSA) is 104 Å². The number of alkyl halides is 3. The number of amides is 1. The Kier molecular flexibility index (Phi) is 6.41. The lowest BCUT2D eigenvalue weighted by Gasteiger charge is -2.39. The Labute approximate surface area is 194 Å². The molecule has 1 aliphatic rings. The number of hydrogen-bond donors (Lipinski definition) is 3. The molecule has 0 spiro atoms. The third-order valence-corrected chi connectivity index (χ3v) is 6.21. The van der Waals surface area contributed by atoms with Gasteiger partial charge in [-0.25, -0.2) is 13.8 Å². The molecule has 2 aromatic heterocycles. The van der Waals surface area contributed by atoms with Crippen molar-refractivity contribution in [3.05, 3.63) is 53.3 Å². The predicted octanol–water partition coefficient (Wildman–Crippen LogP) is 4.16. The lowest BCUT2D eigenvalue weighted by Crippen LogP contribution is -2.51. The molecule has 13 heteroatoms. The van der Waals surface area contributed by atoms with Gasteiger partial charge in [-0.1, -0.05) is 0 Å². The molecule has 1 fully saturated rings. The maximum Gasteiger partial charge on any atom is 0.393 e. The molecule has 1 aliphatic heterocycles. The predicted molar refractivity (Wildman–Crippen MR) is 116 cm³/mol. The van der Waals surface area contributed by atoms with E-state index < -0.39 is 47.0 Å². The number of carbonyl (C=O) groups is 1. The summed E-state index contributed by atoms with van der Waals surface area (Å²) in [6.07, 6.45) is -1.96. The van der Waals surface area contributed by atoms with E-state index >= 15 is 0 Å². The van der Waals surface area contributed by atoms with Crippen molar-refractivity contribution in [1.82, 2.24) is 9.97 Å². The molecular weight excluding hydrogens is 481 g/mol. The number of thiazole rings is 1. The minimum Gasteiger partial charge on any atom is -0.505 e. The monoisotopic (exact) mass is 499 g/mol. The Morgan fingerprint density at radius 1 is 1.24 bits per heavy atom. The fraction of sp³-hybridized carbons (Fsp3) is 0.286. The van der Waals surface area contributed by atoms with Crippen LogP contribution in [0.3, 0.4) is 0 Å². The summed E-state index contributed by atoms with van der Waals surface area (Å²) in [6.45, 7) is -0.183. The summed E-state index contributed by atoms with van der Waals surface area (Å²) in [5.74, 6) is -5.33. The second-order valence-corrected chi connectivity index (χ2v) is 8.64. The van der Waals surface area contributed by atoms with Crippen molar-refractivity contribution < 1.29 is 31.9 Å². The van der Waals surface area contributed by atoms with Crippen molar-refractivity contribution in [2.24, 2.45) is 11.7 Å². The number of phenols is 1. The number of benzene rings is 1. The second-order valence-electron chi connectivity index (χ2n) is 7.78. The number of hydrogen-bond acceptors (Lipinski definition) is 7. The van der Waals surface area contributed by atoms with Gasteiger partial charge in [-0.2, -0.15) is 13.2 Å². The second kappa shape index (κ2) is 9.14. The van der Waals surface area contributed by atoms with Gasteiger partial charge in [-0.3, -0.25) is 9.78 Å². The summed E-state index contributed by atoms with van der Waals surface area (Å²) in [5, 5.41) is 13.1. The smallest absolute Gasteiger partial charge is 0.393 e. The van der Waals surface area contributed by atoms with E-state index in [0.29, 0.717) is 5.69 Å². The Bertz CT molecular complexity index is 1220. The lowest BCUT2D eigenvalue weighted by molar-refractivity contribution is -0.177. The molecule has 3 aromatic rings. The molecule has 0 unspecified atom stereocenters. The van der Waals surface area contributed by atoms with Gasteiger partial charge in [-0.15, -0.1) is 11.3 Å². The van der Waals surface area contributed by atoms with E-state index in [-0.39, 0.29) is 35.9 Å². The molecule has 180 valence electrons. The molecule has 3 heterocycles. The van der Waals surface area contributed by atoms with Gasteiger partial charge in [0.05, 0.1) is 29.1 Å². The Morgan fingerprint density at radius 3 is 2.74 bits per heavy atom. The quantitative estimate of drug-likeness (QED) is 0.466. The molecule has 0 aliphatic carbocycles. The highest BCUT2D eigenvalue weighted by molar-refractivity contribution is 7.13. The van der Waals surface area contributed by atoms with Crippen molar-refractivity contribution in [2.75, 3.05) is 23.3 Å². The van der Waals surface area contributed by atoms with E-state index in [0.717, 1.165) is 23.5 Å². The minimum atomic E-state index is -4.42. The third-order valence-electron chi connectivity index (χ3n) is 5.35. The average molecular weight is 499 g/mol. The minimum absolute atomic E-state index is 0.131. The molecule has 1 saturated heterocycles. The number of halogens is 5. The Morgan fingerprint density at radius 2 is 2.00 bits per heavy atom. The lowest BCUT2D eigenvalue weighted by atomic mass is 9.93. The molecule has 4 N–H and O–H groups in total. The highest BCUT2D eigenvalue weighted by Crippen LogP contribution is 2.37. The number of aromatic nitrogens is 2. The van der Waals surface area contributed by atoms with E-state index in [2.05, 4.69) is 15.3 Å². The van der Waals surface area contributed by atoms with Crippen LogP contribution >= 0.6 is 11.3 Å². The number of nitrogens with one attached hydrogen (secondary N) is 1. The van der Waals surface area contributed by atoms with Gasteiger partial charge in [0.15, 0.2) is 11.6 Å². The zero-order valence-electron chi connectivity index (χ0n) is 17.3. The Balaban J connectivity index is 1.58. The fourth-order valence-corrected chi connectivity index (χ4v) is 4.59. The summed E-state index contributed by atoms with van der Waals surface area (Å²) in [4.78, 5) is 22.1. The van der Waals surface area contributed by atoms with Crippen LogP contribution in [0.2, 0.25) is 0 Å². The summed E-state index contributed by atoms with van der Waals surface area (Å²) in [6, 6.07) is 2.47. The number of aromatic hydroxyl groups is 1. The van der Waals surface area contributed by atoms with Crippen LogP contribution in [0.25, 0.3) is 10.6 Å². The van der Waals surface area contributed by atoms with Crippen LogP contribution in [0.5, 0.6) is 5.75 Å². The first-order valence-corrected chi connectivity index (χ1v) is 10.9. The van der Waals surface area contributed by atoms with Crippen LogP contribution in [0, 0.1) is 17.6 Å². The standard InChI is InChI=1S/C21H18F5N5O2S/c22-12-1-2-16(32)18(23)17(12)20-30-14(9-34-20)19(33)29-13-6-28-4-3-15(13)31-7-10(21(24,25)26)5-11(27)8-31/h1-4,6,9-11,32H,5,7-8,27H2,(H,29,33)/t10-,11+/m1/s1. The molecule has 34 heavy (non-hydrogen) atoms. The van der Waals surface area contributed by atoms with Crippen molar-refractivity contribution >= 4 is 28.6 Å². The molecule has 0 bridgehead atoms. The molecule has 4 rings (SSSR count). The van der Waals surface area contributed by atoms with Crippen LogP contribution in [-0.2, 0) is 0 Å². The van der Waals surface area contributed by atoms with Crippen LogP contribution in [0.15, 0.2) is 36.0 Å². The summed E-state index contributed by atoms with van der Waals surface area (Å²) < 4.78 is 68.2. The molecule has 2 atom stereocenters. The van der Waals surface area contributed by atoms with Gasteiger partial charge in [0.25, 0.3) is 5.91 Å². The zero-order valence-corrected chi connectivity index (χ0v) is 18.1. The molecule has 7 nitrogen and oxygen atoms in total. The first kappa shape index (κ1) is 23.8. The SMILES string of the molecule is N[C@H]1C[C@@H](C(F)(F)F)CN(c2ccncc2NC(=O)c2csc(-c3c(F)ccc(O)c3F)n2)C1. The maximum atomic E-state index is 14.2. The number of anilines is 2. The summed E-state index contributed by atoms with van der Waals surface area (Å²) in [7, 11) is 0. The van der Waals surface area contributed by atoms with Gasteiger partial charge in [-0.05, 0) is 24.6 Å². The summed E-state index contributed by atoms with van der Waals surface area (Å²) in [5.41, 5.74) is 5.53. The van der Waals surface area contributed by atoms with Crippen molar-refractivity contribution in [3.8, 4) is 16.3 Å². The molecular formula is C21H18F5N5O2S. The highest BCUT2D eigenvalue weighted by atomic mass is 32.1. The Hall–Kier alpha value is -3.32. The molecule has 0 saturated carbocycles. The van der Waals surface area contributed by atoms with E-state index in [1.165, 1.54) is 28.7 Å². The van der Waals surface area contributed by atoms with Crippen LogP contribution in [0.4, 0.5) is 33.3 Å². The largest absolute Gasteiger partial charge is 0.505 e. The number of pyridine rings is 1. The number of carbonyl (C=O) groups excluding carboxylic acids is 1. The van der Waals surface area contributed by atoms with E-state index in [4.69, 9.17) is 5.73 Å². The number of nitrogens with zero attached hydrogens (tertiary/aromatic N) is 3. The molecule has 1 aromatic carbocycles. The first-order valence-electron chi connectivity index (χ1n) is 10.00. The van der Waals surface area contributed by atoms with E-state index in [1.807, 2.05) is 0 Å². The number of piperidine rings is 1. The van der Waals surface area contributed by atoms with E-state index in [9.17, 15) is 31.9 Å². The van der Waals surface area contributed by atoms with Crippen LogP contribution in [-0.4, -0.2) is 46.3 Å². The molecule has 1 amide bonds. The van der Waals surface area contributed by atoms with Gasteiger partial charge < -0.3 is 21.1 Å². The summed E-state index contributed by atoms with van der Waals surface area (Å²) >= 11 is 0.784. The van der Waals surface area contributed by atoms with Crippen molar-refractivity contribution in [1.29, 1.82) is 0 Å². The van der Waals surface area contributed by atoms with Crippen LogP contribution in [0.1, 0.15) is 16.9 Å². The highest BCUT2D eigenvalue weighted by Gasteiger charge is 2.44. The normalized spacial score (nSPS) is 18.7. The number of phenolic OH excluding ortho intramolecular Hbond substituents is 1. The van der Waals surface area contributed by atoms with Crippen LogP contribution < -0.4 is 16.0 Å². The van der Waals surface area contributed by atoms with Gasteiger partial charge in [0.1, 0.15) is 16.5 Å². The van der Waals surface area contributed by atoms with Gasteiger partial charge >= 0.3 is 6.18 Å².